The van der Waals surface area contributed by atoms with E-state index >= 15 is 0 Å². The molecule has 1 fully saturated rings. The van der Waals surface area contributed by atoms with Crippen molar-refractivity contribution in [1.82, 2.24) is 10.2 Å². The Morgan fingerprint density at radius 2 is 2.11 bits per heavy atom. The predicted octanol–water partition coefficient (Wildman–Crippen LogP) is 3.23. The molecule has 2 atom stereocenters. The zero-order chi connectivity index (χ0) is 13.6. The molecule has 2 nitrogen and oxygen atoms in total. The summed E-state index contributed by atoms with van der Waals surface area (Å²) in [6, 6.07) is 1.45. The van der Waals surface area contributed by atoms with Gasteiger partial charge in [-0.25, -0.2) is 0 Å². The molecule has 0 aromatic heterocycles. The van der Waals surface area contributed by atoms with Crippen LogP contribution in [0.3, 0.4) is 0 Å². The van der Waals surface area contributed by atoms with Gasteiger partial charge in [0.25, 0.3) is 0 Å². The van der Waals surface area contributed by atoms with E-state index in [9.17, 15) is 0 Å². The molecule has 108 valence electrons. The second-order valence-corrected chi connectivity index (χ2v) is 7.81. The number of nitrogens with zero attached hydrogens (tertiary/aromatic N) is 1. The van der Waals surface area contributed by atoms with E-state index in [0.717, 1.165) is 12.6 Å². The molecule has 0 spiro atoms. The van der Waals surface area contributed by atoms with Gasteiger partial charge in [-0.1, -0.05) is 27.7 Å². The van der Waals surface area contributed by atoms with Gasteiger partial charge in [0.2, 0.25) is 0 Å². The van der Waals surface area contributed by atoms with E-state index in [0.29, 0.717) is 11.5 Å². The number of hydrogen-bond acceptors (Lipinski definition) is 3. The molecule has 18 heavy (non-hydrogen) atoms. The Morgan fingerprint density at radius 3 is 2.61 bits per heavy atom. The summed E-state index contributed by atoms with van der Waals surface area (Å²) in [5.74, 6) is 2.69. The third-order valence-electron chi connectivity index (χ3n) is 3.99. The van der Waals surface area contributed by atoms with Crippen LogP contribution in [0.15, 0.2) is 0 Å². The van der Waals surface area contributed by atoms with Crippen LogP contribution in [-0.4, -0.2) is 48.6 Å². The van der Waals surface area contributed by atoms with Gasteiger partial charge in [-0.15, -0.1) is 0 Å². The van der Waals surface area contributed by atoms with E-state index < -0.39 is 0 Å². The van der Waals surface area contributed by atoms with Crippen LogP contribution in [0.25, 0.3) is 0 Å². The summed E-state index contributed by atoms with van der Waals surface area (Å²) in [5, 5.41) is 3.72. The van der Waals surface area contributed by atoms with Gasteiger partial charge in [-0.2, -0.15) is 11.8 Å². The van der Waals surface area contributed by atoms with Gasteiger partial charge >= 0.3 is 0 Å². The van der Waals surface area contributed by atoms with E-state index in [1.54, 1.807) is 0 Å². The monoisotopic (exact) mass is 272 g/mol. The quantitative estimate of drug-likeness (QED) is 0.766. The fourth-order valence-corrected chi connectivity index (χ4v) is 3.84. The molecule has 1 saturated heterocycles. The van der Waals surface area contributed by atoms with Gasteiger partial charge in [0, 0.05) is 17.8 Å². The number of thioether (sulfide) groups is 1. The average Bonchev–Trinajstić information content (AvgIpc) is 2.80. The molecule has 3 heteroatoms. The van der Waals surface area contributed by atoms with E-state index in [-0.39, 0.29) is 0 Å². The first kappa shape index (κ1) is 16.3. The summed E-state index contributed by atoms with van der Waals surface area (Å²) in [5.41, 5.74) is 0.362. The molecule has 1 rings (SSSR count). The van der Waals surface area contributed by atoms with Crippen molar-refractivity contribution in [3.63, 3.8) is 0 Å². The van der Waals surface area contributed by atoms with Crippen molar-refractivity contribution in [1.29, 1.82) is 0 Å². The van der Waals surface area contributed by atoms with Crippen LogP contribution in [0.2, 0.25) is 0 Å². The van der Waals surface area contributed by atoms with Crippen molar-refractivity contribution in [2.24, 2.45) is 5.41 Å². The van der Waals surface area contributed by atoms with Gasteiger partial charge in [0.15, 0.2) is 0 Å². The van der Waals surface area contributed by atoms with E-state index in [2.05, 4.69) is 56.7 Å². The average molecular weight is 273 g/mol. The maximum absolute atomic E-state index is 3.72. The molecule has 0 radical (unpaired) electrons. The molecule has 1 N–H and O–H groups in total. The molecule has 0 amide bonds. The summed E-state index contributed by atoms with van der Waals surface area (Å²) in [4.78, 5) is 2.58. The standard InChI is InChI=1S/C15H32N2S/c1-6-9-16-14(15(2,3)4)7-10-17(5)13-8-11-18-12-13/h13-14,16H,6-12H2,1-5H3. The second-order valence-electron chi connectivity index (χ2n) is 6.66. The third-order valence-corrected chi connectivity index (χ3v) is 5.13. The molecule has 0 saturated carbocycles. The topological polar surface area (TPSA) is 15.3 Å². The van der Waals surface area contributed by atoms with Crippen LogP contribution in [0.5, 0.6) is 0 Å². The number of rotatable bonds is 7. The van der Waals surface area contributed by atoms with Gasteiger partial charge in [-0.05, 0) is 50.6 Å². The lowest BCUT2D eigenvalue weighted by Crippen LogP contribution is -2.44. The molecular weight excluding hydrogens is 240 g/mol. The molecule has 1 heterocycles. The molecule has 0 bridgehead atoms. The first-order valence-corrected chi connectivity index (χ1v) is 8.62. The largest absolute Gasteiger partial charge is 0.313 e. The first-order chi connectivity index (χ1) is 8.45. The zero-order valence-corrected chi connectivity index (χ0v) is 13.8. The summed E-state index contributed by atoms with van der Waals surface area (Å²) in [7, 11) is 2.30. The fourth-order valence-electron chi connectivity index (χ4n) is 2.54. The van der Waals surface area contributed by atoms with Gasteiger partial charge in [0.1, 0.15) is 0 Å². The molecule has 1 aliphatic heterocycles. The Kier molecular flexibility index (Phi) is 7.04. The summed E-state index contributed by atoms with van der Waals surface area (Å²) in [6.07, 6.45) is 3.87. The maximum atomic E-state index is 3.72. The van der Waals surface area contributed by atoms with E-state index in [4.69, 9.17) is 0 Å². The molecule has 2 unspecified atom stereocenters. The van der Waals surface area contributed by atoms with Crippen molar-refractivity contribution in [3.05, 3.63) is 0 Å². The lowest BCUT2D eigenvalue weighted by molar-refractivity contribution is 0.199. The lowest BCUT2D eigenvalue weighted by Gasteiger charge is -2.34. The Hall–Kier alpha value is 0.270. The van der Waals surface area contributed by atoms with Crippen LogP contribution >= 0.6 is 11.8 Å². The predicted molar refractivity (Wildman–Crippen MR) is 84.5 cm³/mol. The van der Waals surface area contributed by atoms with E-state index in [1.165, 1.54) is 37.3 Å². The van der Waals surface area contributed by atoms with Crippen LogP contribution in [-0.2, 0) is 0 Å². The highest BCUT2D eigenvalue weighted by molar-refractivity contribution is 7.99. The third kappa shape index (κ3) is 5.50. The SMILES string of the molecule is CCCNC(CCN(C)C1CCSC1)C(C)(C)C. The zero-order valence-electron chi connectivity index (χ0n) is 13.0. The highest BCUT2D eigenvalue weighted by Gasteiger charge is 2.26. The van der Waals surface area contributed by atoms with Crippen LogP contribution in [0, 0.1) is 5.41 Å². The molecule has 0 aromatic rings. The Labute approximate surface area is 118 Å². The van der Waals surface area contributed by atoms with Crippen LogP contribution in [0.1, 0.15) is 47.0 Å². The molecule has 1 aliphatic rings. The summed E-state index contributed by atoms with van der Waals surface area (Å²) >= 11 is 2.11. The summed E-state index contributed by atoms with van der Waals surface area (Å²) in [6.45, 7) is 11.7. The van der Waals surface area contributed by atoms with Crippen LogP contribution in [0.4, 0.5) is 0 Å². The maximum Gasteiger partial charge on any atom is 0.0191 e. The van der Waals surface area contributed by atoms with Crippen molar-refractivity contribution >= 4 is 11.8 Å². The normalized spacial score (nSPS) is 22.7. The number of hydrogen-bond donors (Lipinski definition) is 1. The minimum atomic E-state index is 0.362. The van der Waals surface area contributed by atoms with Gasteiger partial charge in [-0.3, -0.25) is 0 Å². The lowest BCUT2D eigenvalue weighted by atomic mass is 9.84. The molecule has 0 aliphatic carbocycles. The Balaban J connectivity index is 2.35. The Bertz CT molecular complexity index is 219. The van der Waals surface area contributed by atoms with Crippen molar-refractivity contribution in [3.8, 4) is 0 Å². The fraction of sp³-hybridized carbons (Fsp3) is 1.00. The first-order valence-electron chi connectivity index (χ1n) is 7.46. The highest BCUT2D eigenvalue weighted by atomic mass is 32.2. The second kappa shape index (κ2) is 7.76. The van der Waals surface area contributed by atoms with E-state index in [1.807, 2.05) is 0 Å². The molecule has 0 aromatic carbocycles. The van der Waals surface area contributed by atoms with Gasteiger partial charge < -0.3 is 10.2 Å². The summed E-state index contributed by atoms with van der Waals surface area (Å²) < 4.78 is 0. The smallest absolute Gasteiger partial charge is 0.0191 e. The number of nitrogens with one attached hydrogen (secondary N) is 1. The van der Waals surface area contributed by atoms with Crippen molar-refractivity contribution in [2.75, 3.05) is 31.6 Å². The highest BCUT2D eigenvalue weighted by Crippen LogP contribution is 2.24. The van der Waals surface area contributed by atoms with Crippen molar-refractivity contribution < 1.29 is 0 Å². The van der Waals surface area contributed by atoms with Crippen molar-refractivity contribution in [2.45, 2.75) is 59.0 Å². The van der Waals surface area contributed by atoms with Gasteiger partial charge in [0.05, 0.1) is 0 Å². The van der Waals surface area contributed by atoms with Crippen LogP contribution < -0.4 is 5.32 Å². The minimum Gasteiger partial charge on any atom is -0.313 e. The minimum absolute atomic E-state index is 0.362. The Morgan fingerprint density at radius 1 is 1.39 bits per heavy atom. The molecular formula is C15H32N2S.